The summed E-state index contributed by atoms with van der Waals surface area (Å²) in [6.07, 6.45) is 5.14. The third kappa shape index (κ3) is 8.92. The van der Waals surface area contributed by atoms with E-state index >= 15 is 0 Å². The summed E-state index contributed by atoms with van der Waals surface area (Å²) in [7, 11) is 4.83. The number of benzene rings is 2. The summed E-state index contributed by atoms with van der Waals surface area (Å²) in [5.74, 6) is 0.683. The summed E-state index contributed by atoms with van der Waals surface area (Å²) in [6.45, 7) is 23.5. The van der Waals surface area contributed by atoms with Gasteiger partial charge in [-0.2, -0.15) is 0 Å². The largest absolute Gasteiger partial charge is 0.141 e. The van der Waals surface area contributed by atoms with E-state index in [4.69, 9.17) is 0 Å². The number of rotatable bonds is 3. The first-order valence-corrected chi connectivity index (χ1v) is 15.0. The maximum absolute atomic E-state index is 2.47. The first-order chi connectivity index (χ1) is 15.4. The van der Waals surface area contributed by atoms with E-state index in [9.17, 15) is 0 Å². The van der Waals surface area contributed by atoms with E-state index in [-0.39, 0.29) is 0 Å². The van der Waals surface area contributed by atoms with E-state index in [0.29, 0.717) is 16.7 Å². The molecule has 184 valence electrons. The third-order valence-corrected chi connectivity index (χ3v) is 6.73. The second-order valence-corrected chi connectivity index (χ2v) is 8.60. The molecule has 0 amide bonds. The predicted molar refractivity (Wildman–Crippen MR) is 159 cm³/mol. The molecule has 3 rings (SSSR count). The summed E-state index contributed by atoms with van der Waals surface area (Å²) >= 11 is 0. The molecule has 32 heavy (non-hydrogen) atoms. The van der Waals surface area contributed by atoms with E-state index in [1.54, 1.807) is 5.56 Å². The highest BCUT2D eigenvalue weighted by Gasteiger charge is 2.43. The standard InChI is InChI=1S/C24H32.2C2H6.2CH5P/c1-18(2)24(22-12-8-20(4)9-13-22)16-14-23(5,15-17-24)21-10-6-19(3)7-11-21;4*1-2/h6-13,18H,14-17H2,1-5H3;2*1-2H3;2*2H2,1H3. The molecule has 1 aliphatic rings. The molecule has 0 spiro atoms. The summed E-state index contributed by atoms with van der Waals surface area (Å²) in [4.78, 5) is 0. The van der Waals surface area contributed by atoms with Crippen LogP contribution in [0, 0.1) is 19.8 Å². The maximum Gasteiger partial charge on any atom is -0.00234 e. The fourth-order valence-corrected chi connectivity index (χ4v) is 4.58. The second-order valence-electron chi connectivity index (χ2n) is 8.60. The van der Waals surface area contributed by atoms with Crippen LogP contribution >= 0.6 is 18.5 Å². The summed E-state index contributed by atoms with van der Waals surface area (Å²) in [6, 6.07) is 18.6. The molecule has 0 aliphatic heterocycles. The topological polar surface area (TPSA) is 0 Å². The molecule has 0 heterocycles. The lowest BCUT2D eigenvalue weighted by molar-refractivity contribution is 0.160. The molecule has 1 aliphatic carbocycles. The monoisotopic (exact) mass is 476 g/mol. The zero-order valence-corrected chi connectivity index (χ0v) is 25.5. The van der Waals surface area contributed by atoms with Crippen LogP contribution in [0.1, 0.15) is 96.4 Å². The van der Waals surface area contributed by atoms with Gasteiger partial charge in [-0.1, -0.05) is 121 Å². The molecule has 0 N–H and O–H groups in total. The normalized spacial score (nSPS) is 21.3. The first-order valence-electron chi connectivity index (χ1n) is 12.7. The van der Waals surface area contributed by atoms with Crippen LogP contribution in [0.5, 0.6) is 0 Å². The summed E-state index contributed by atoms with van der Waals surface area (Å²) < 4.78 is 0. The summed E-state index contributed by atoms with van der Waals surface area (Å²) in [5, 5.41) is 0. The van der Waals surface area contributed by atoms with Crippen molar-refractivity contribution in [3.63, 3.8) is 0 Å². The Labute approximate surface area is 207 Å². The average Bonchev–Trinajstić information content (AvgIpc) is 2.85. The Morgan fingerprint density at radius 1 is 0.594 bits per heavy atom. The van der Waals surface area contributed by atoms with Crippen molar-refractivity contribution >= 4 is 18.5 Å². The molecule has 0 saturated heterocycles. The second kappa shape index (κ2) is 17.7. The molecule has 2 aromatic carbocycles. The highest BCUT2D eigenvalue weighted by atomic mass is 31.0. The first kappa shape index (κ1) is 33.5. The van der Waals surface area contributed by atoms with Crippen molar-refractivity contribution < 1.29 is 0 Å². The van der Waals surface area contributed by atoms with Crippen molar-refractivity contribution in [2.24, 2.45) is 5.92 Å². The van der Waals surface area contributed by atoms with Gasteiger partial charge in [0.15, 0.2) is 0 Å². The fraction of sp³-hybridized carbons (Fsp3) is 0.600. The van der Waals surface area contributed by atoms with E-state index in [2.05, 4.69) is 102 Å². The van der Waals surface area contributed by atoms with Gasteiger partial charge < -0.3 is 0 Å². The Bertz CT molecular complexity index is 676. The molecule has 1 saturated carbocycles. The van der Waals surface area contributed by atoms with Crippen LogP contribution in [0.3, 0.4) is 0 Å². The molecule has 2 aromatic rings. The van der Waals surface area contributed by atoms with Gasteiger partial charge in [-0.05, 0) is 67.4 Å². The lowest BCUT2D eigenvalue weighted by Gasteiger charge is -2.48. The van der Waals surface area contributed by atoms with Gasteiger partial charge in [0.25, 0.3) is 0 Å². The molecule has 0 nitrogen and oxygen atoms in total. The van der Waals surface area contributed by atoms with E-state index in [1.807, 2.05) is 41.0 Å². The lowest BCUT2D eigenvalue weighted by Crippen LogP contribution is -2.41. The highest BCUT2D eigenvalue weighted by Crippen LogP contribution is 2.51. The molecule has 0 aromatic heterocycles. The average molecular weight is 477 g/mol. The van der Waals surface area contributed by atoms with E-state index < -0.39 is 0 Å². The molecular weight excluding hydrogens is 422 g/mol. The van der Waals surface area contributed by atoms with Crippen LogP contribution in [0.2, 0.25) is 0 Å². The Morgan fingerprint density at radius 3 is 1.22 bits per heavy atom. The number of hydrogen-bond donors (Lipinski definition) is 0. The SMILES string of the molecule is CC.CC.CP.CP.Cc1ccc(C2(C)CCC(c3ccc(C)cc3)(C(C)C)CC2)cc1. The smallest absolute Gasteiger partial charge is 0.00234 e. The van der Waals surface area contributed by atoms with Gasteiger partial charge in [0.2, 0.25) is 0 Å². The predicted octanol–water partition coefficient (Wildman–Crippen LogP) is 9.76. The quantitative estimate of drug-likeness (QED) is 0.387. The van der Waals surface area contributed by atoms with Crippen LogP contribution < -0.4 is 0 Å². The molecule has 0 radical (unpaired) electrons. The van der Waals surface area contributed by atoms with Crippen LogP contribution in [0.4, 0.5) is 0 Å². The van der Waals surface area contributed by atoms with Gasteiger partial charge >= 0.3 is 0 Å². The summed E-state index contributed by atoms with van der Waals surface area (Å²) in [5.41, 5.74) is 6.46. The molecule has 2 heteroatoms. The van der Waals surface area contributed by atoms with Gasteiger partial charge in [0, 0.05) is 0 Å². The Kier molecular flexibility index (Phi) is 18.5. The highest BCUT2D eigenvalue weighted by molar-refractivity contribution is 7.15. The van der Waals surface area contributed by atoms with Crippen LogP contribution in [0.25, 0.3) is 0 Å². The minimum atomic E-state index is 0.330. The van der Waals surface area contributed by atoms with Crippen molar-refractivity contribution in [3.8, 4) is 0 Å². The molecule has 0 bridgehead atoms. The van der Waals surface area contributed by atoms with Crippen LogP contribution in [-0.2, 0) is 10.8 Å². The van der Waals surface area contributed by atoms with E-state index in [0.717, 1.165) is 0 Å². The van der Waals surface area contributed by atoms with Gasteiger partial charge in [0.05, 0.1) is 0 Å². The fourth-order valence-electron chi connectivity index (χ4n) is 4.58. The Hall–Kier alpha value is -0.700. The van der Waals surface area contributed by atoms with Crippen LogP contribution in [0.15, 0.2) is 48.5 Å². The minimum absolute atomic E-state index is 0.330. The van der Waals surface area contributed by atoms with Gasteiger partial charge in [0.1, 0.15) is 0 Å². The minimum Gasteiger partial charge on any atom is -0.141 e. The molecule has 1 fully saturated rings. The van der Waals surface area contributed by atoms with Crippen molar-refractivity contribution in [1.29, 1.82) is 0 Å². The van der Waals surface area contributed by atoms with Crippen molar-refractivity contribution in [2.75, 3.05) is 13.3 Å². The molecular formula is C30H54P2. The number of aryl methyl sites for hydroxylation is 2. The third-order valence-electron chi connectivity index (χ3n) is 6.73. The van der Waals surface area contributed by atoms with Crippen molar-refractivity contribution in [3.05, 3.63) is 70.8 Å². The maximum atomic E-state index is 2.47. The van der Waals surface area contributed by atoms with Gasteiger partial charge in [-0.25, -0.2) is 0 Å². The zero-order chi connectivity index (χ0) is 25.4. The molecule has 2 unspecified atom stereocenters. The van der Waals surface area contributed by atoms with Gasteiger partial charge in [-0.3, -0.25) is 0 Å². The number of hydrogen-bond acceptors (Lipinski definition) is 0. The lowest BCUT2D eigenvalue weighted by atomic mass is 9.56. The van der Waals surface area contributed by atoms with Crippen molar-refractivity contribution in [2.45, 2.75) is 98.8 Å². The van der Waals surface area contributed by atoms with E-state index in [1.165, 1.54) is 42.4 Å². The molecule has 2 atom stereocenters. The van der Waals surface area contributed by atoms with Crippen molar-refractivity contribution in [1.82, 2.24) is 0 Å². The van der Waals surface area contributed by atoms with Crippen LogP contribution in [-0.4, -0.2) is 13.3 Å². The van der Waals surface area contributed by atoms with Gasteiger partial charge in [-0.15, -0.1) is 18.5 Å². The zero-order valence-electron chi connectivity index (χ0n) is 23.2. The Balaban J connectivity index is 0. The Morgan fingerprint density at radius 2 is 0.906 bits per heavy atom.